The van der Waals surface area contributed by atoms with Gasteiger partial charge in [-0.1, -0.05) is 81.4 Å². The minimum atomic E-state index is -2.71. The quantitative estimate of drug-likeness (QED) is 0.587. The fourth-order valence-electron chi connectivity index (χ4n) is 3.26. The van der Waals surface area contributed by atoms with Gasteiger partial charge >= 0.3 is 5.97 Å². The van der Waals surface area contributed by atoms with Gasteiger partial charge in [0.1, 0.15) is 6.10 Å². The van der Waals surface area contributed by atoms with Gasteiger partial charge in [-0.15, -0.1) is 0 Å². The van der Waals surface area contributed by atoms with Crippen LogP contribution in [0, 0.1) is 0 Å². The third kappa shape index (κ3) is 4.02. The molecule has 1 unspecified atom stereocenters. The monoisotopic (exact) mass is 356 g/mol. The van der Waals surface area contributed by atoms with Gasteiger partial charge in [-0.3, -0.25) is 0 Å². The first-order valence-electron chi connectivity index (χ1n) is 8.78. The highest BCUT2D eigenvalue weighted by molar-refractivity contribution is 6.99. The molecule has 1 atom stereocenters. The molecule has 0 saturated heterocycles. The van der Waals surface area contributed by atoms with Crippen LogP contribution in [-0.2, 0) is 14.0 Å². The Morgan fingerprint density at radius 2 is 1.40 bits per heavy atom. The normalized spacial score (nSPS) is 13.3. The van der Waals surface area contributed by atoms with Crippen LogP contribution in [0.3, 0.4) is 0 Å². The average molecular weight is 357 g/mol. The van der Waals surface area contributed by atoms with Crippen LogP contribution in [-0.4, -0.2) is 27.0 Å². The Bertz CT molecular complexity index is 638. The van der Waals surface area contributed by atoms with Crippen molar-refractivity contribution in [2.45, 2.75) is 45.8 Å². The number of carbonyl (C=O) groups excluding carboxylic acids is 1. The summed E-state index contributed by atoms with van der Waals surface area (Å²) < 4.78 is 11.8. The number of benzene rings is 2. The molecule has 0 radical (unpaired) electrons. The van der Waals surface area contributed by atoms with Gasteiger partial charge in [-0.2, -0.15) is 0 Å². The van der Waals surface area contributed by atoms with Crippen molar-refractivity contribution < 1.29 is 14.0 Å². The fourth-order valence-corrected chi connectivity index (χ4v) is 7.91. The lowest BCUT2D eigenvalue weighted by atomic mass is 10.2. The molecule has 2 aromatic rings. The Hall–Kier alpha value is -1.91. The minimum absolute atomic E-state index is 0.156. The Labute approximate surface area is 152 Å². The van der Waals surface area contributed by atoms with Crippen LogP contribution in [0.4, 0.5) is 0 Å². The lowest BCUT2D eigenvalue weighted by Crippen LogP contribution is -2.68. The van der Waals surface area contributed by atoms with Gasteiger partial charge in [-0.25, -0.2) is 4.79 Å². The van der Waals surface area contributed by atoms with Crippen molar-refractivity contribution in [3.8, 4) is 0 Å². The SMILES string of the molecule is CCOC(=O)C(C)O[Si](c1ccccc1)(c1ccccc1)C(C)(C)C. The van der Waals surface area contributed by atoms with E-state index in [-0.39, 0.29) is 11.0 Å². The molecule has 0 heterocycles. The van der Waals surface area contributed by atoms with Crippen molar-refractivity contribution in [1.29, 1.82) is 0 Å². The summed E-state index contributed by atoms with van der Waals surface area (Å²) in [5.74, 6) is -0.310. The molecule has 0 spiro atoms. The Balaban J connectivity index is 2.63. The second-order valence-electron chi connectivity index (χ2n) is 7.18. The smallest absolute Gasteiger partial charge is 0.333 e. The van der Waals surface area contributed by atoms with Crippen LogP contribution < -0.4 is 10.4 Å². The van der Waals surface area contributed by atoms with Gasteiger partial charge in [0.2, 0.25) is 0 Å². The zero-order chi connectivity index (χ0) is 18.5. The molecule has 2 rings (SSSR count). The van der Waals surface area contributed by atoms with E-state index in [1.807, 2.05) is 43.3 Å². The summed E-state index contributed by atoms with van der Waals surface area (Å²) in [6, 6.07) is 20.6. The molecule has 0 aliphatic rings. The Kier molecular flexibility index (Phi) is 6.19. The molecular formula is C21H28O3Si. The van der Waals surface area contributed by atoms with Gasteiger partial charge in [-0.05, 0) is 29.3 Å². The number of ether oxygens (including phenoxy) is 1. The van der Waals surface area contributed by atoms with E-state index in [0.29, 0.717) is 6.61 Å². The van der Waals surface area contributed by atoms with Crippen molar-refractivity contribution in [1.82, 2.24) is 0 Å². The molecular weight excluding hydrogens is 328 g/mol. The number of carbonyl (C=O) groups is 1. The van der Waals surface area contributed by atoms with Crippen molar-refractivity contribution in [3.05, 3.63) is 60.7 Å². The zero-order valence-electron chi connectivity index (χ0n) is 15.8. The molecule has 0 aromatic heterocycles. The first-order chi connectivity index (χ1) is 11.8. The zero-order valence-corrected chi connectivity index (χ0v) is 16.8. The van der Waals surface area contributed by atoms with Crippen LogP contribution >= 0.6 is 0 Å². The molecule has 2 aromatic carbocycles. The first kappa shape index (κ1) is 19.4. The number of hydrogen-bond donors (Lipinski definition) is 0. The summed E-state index contributed by atoms with van der Waals surface area (Å²) >= 11 is 0. The average Bonchev–Trinajstić information content (AvgIpc) is 2.60. The van der Waals surface area contributed by atoms with E-state index in [1.54, 1.807) is 6.92 Å². The highest BCUT2D eigenvalue weighted by Gasteiger charge is 2.51. The van der Waals surface area contributed by atoms with Crippen LogP contribution in [0.25, 0.3) is 0 Å². The molecule has 0 saturated carbocycles. The highest BCUT2D eigenvalue weighted by Crippen LogP contribution is 2.37. The topological polar surface area (TPSA) is 35.5 Å². The van der Waals surface area contributed by atoms with E-state index in [1.165, 1.54) is 0 Å². The number of rotatable bonds is 6. The van der Waals surface area contributed by atoms with Crippen LogP contribution in [0.1, 0.15) is 34.6 Å². The summed E-state index contributed by atoms with van der Waals surface area (Å²) in [6.07, 6.45) is -0.619. The third-order valence-electron chi connectivity index (χ3n) is 4.39. The summed E-state index contributed by atoms with van der Waals surface area (Å²) in [6.45, 7) is 10.5. The van der Waals surface area contributed by atoms with E-state index in [2.05, 4.69) is 45.0 Å². The van der Waals surface area contributed by atoms with E-state index < -0.39 is 14.4 Å². The fraction of sp³-hybridized carbons (Fsp3) is 0.381. The summed E-state index contributed by atoms with van der Waals surface area (Å²) in [7, 11) is -2.71. The molecule has 0 aliphatic carbocycles. The summed E-state index contributed by atoms with van der Waals surface area (Å²) in [5.41, 5.74) is 0. The number of hydrogen-bond acceptors (Lipinski definition) is 3. The Morgan fingerprint density at radius 1 is 0.960 bits per heavy atom. The van der Waals surface area contributed by atoms with E-state index in [4.69, 9.17) is 9.16 Å². The summed E-state index contributed by atoms with van der Waals surface area (Å²) in [4.78, 5) is 12.3. The highest BCUT2D eigenvalue weighted by atomic mass is 28.4. The van der Waals surface area contributed by atoms with Gasteiger partial charge in [0, 0.05) is 0 Å². The maximum Gasteiger partial charge on any atom is 0.333 e. The molecule has 25 heavy (non-hydrogen) atoms. The van der Waals surface area contributed by atoms with Gasteiger partial charge < -0.3 is 9.16 Å². The van der Waals surface area contributed by atoms with Crippen molar-refractivity contribution in [3.63, 3.8) is 0 Å². The molecule has 0 amide bonds. The second-order valence-corrected chi connectivity index (χ2v) is 11.4. The maximum atomic E-state index is 12.3. The van der Waals surface area contributed by atoms with Crippen molar-refractivity contribution in [2.24, 2.45) is 0 Å². The Morgan fingerprint density at radius 3 is 1.76 bits per heavy atom. The van der Waals surface area contributed by atoms with Gasteiger partial charge in [0.25, 0.3) is 8.32 Å². The third-order valence-corrected chi connectivity index (χ3v) is 9.50. The lowest BCUT2D eigenvalue weighted by molar-refractivity contribution is -0.150. The lowest BCUT2D eigenvalue weighted by Gasteiger charge is -2.44. The molecule has 0 N–H and O–H groups in total. The maximum absolute atomic E-state index is 12.3. The molecule has 0 fully saturated rings. The van der Waals surface area contributed by atoms with E-state index in [0.717, 1.165) is 10.4 Å². The van der Waals surface area contributed by atoms with Crippen molar-refractivity contribution >= 4 is 24.7 Å². The number of esters is 1. The predicted molar refractivity (Wildman–Crippen MR) is 105 cm³/mol. The molecule has 134 valence electrons. The molecule has 3 nitrogen and oxygen atoms in total. The van der Waals surface area contributed by atoms with E-state index >= 15 is 0 Å². The van der Waals surface area contributed by atoms with Gasteiger partial charge in [0.15, 0.2) is 0 Å². The molecule has 0 aliphatic heterocycles. The first-order valence-corrected chi connectivity index (χ1v) is 10.7. The van der Waals surface area contributed by atoms with Crippen LogP contribution in [0.2, 0.25) is 5.04 Å². The predicted octanol–water partition coefficient (Wildman–Crippen LogP) is 3.51. The van der Waals surface area contributed by atoms with Gasteiger partial charge in [0.05, 0.1) is 6.61 Å². The minimum Gasteiger partial charge on any atom is -0.464 e. The van der Waals surface area contributed by atoms with E-state index in [9.17, 15) is 4.79 Å². The van der Waals surface area contributed by atoms with Crippen molar-refractivity contribution in [2.75, 3.05) is 6.61 Å². The molecule has 0 bridgehead atoms. The van der Waals surface area contributed by atoms with Crippen LogP contribution in [0.5, 0.6) is 0 Å². The second kappa shape index (κ2) is 7.98. The standard InChI is InChI=1S/C21H28O3Si/c1-6-23-20(22)17(2)24-25(21(3,4)5,18-13-9-7-10-14-18)19-15-11-8-12-16-19/h7-17H,6H2,1-5H3. The summed E-state index contributed by atoms with van der Waals surface area (Å²) in [5, 5.41) is 2.16. The largest absolute Gasteiger partial charge is 0.464 e. The van der Waals surface area contributed by atoms with Crippen LogP contribution in [0.15, 0.2) is 60.7 Å². The molecule has 4 heteroatoms.